The molecule has 0 heterocycles. The lowest BCUT2D eigenvalue weighted by Gasteiger charge is -2.07. The van der Waals surface area contributed by atoms with Crippen molar-refractivity contribution in [3.63, 3.8) is 0 Å². The van der Waals surface area contributed by atoms with Crippen LogP contribution in [0.3, 0.4) is 0 Å². The fourth-order valence-corrected chi connectivity index (χ4v) is 1.51. The van der Waals surface area contributed by atoms with Crippen molar-refractivity contribution < 1.29 is 22.7 Å². The first kappa shape index (κ1) is 12.1. The van der Waals surface area contributed by atoms with Gasteiger partial charge in [-0.3, -0.25) is 14.9 Å². The summed E-state index contributed by atoms with van der Waals surface area (Å²) in [4.78, 5) is 19.4. The molecule has 0 unspecified atom stereocenters. The summed E-state index contributed by atoms with van der Waals surface area (Å²) in [6, 6.07) is 2.05. The molecular weight excluding hydrogens is 240 g/mol. The van der Waals surface area contributed by atoms with Crippen LogP contribution in [0.1, 0.15) is 10.4 Å². The van der Waals surface area contributed by atoms with E-state index in [1.165, 1.54) is 0 Å². The van der Waals surface area contributed by atoms with Gasteiger partial charge in [-0.2, -0.15) is 0 Å². The van der Waals surface area contributed by atoms with E-state index in [2.05, 4.69) is 0 Å². The van der Waals surface area contributed by atoms with Gasteiger partial charge in [-0.15, -0.1) is 0 Å². The van der Waals surface area contributed by atoms with Crippen LogP contribution in [0, 0.1) is 10.1 Å². The lowest BCUT2D eigenvalue weighted by molar-refractivity contribution is -0.385. The summed E-state index contributed by atoms with van der Waals surface area (Å²) in [7, 11) is -4.88. The number of primary amides is 1. The SMILES string of the molecule is NC(=O)c1cc([N+](=O)[O-])cc(S(=O)(=O)[O-])c1. The molecule has 0 aromatic heterocycles. The van der Waals surface area contributed by atoms with Crippen LogP contribution in [0.15, 0.2) is 23.1 Å². The third-order valence-corrected chi connectivity index (χ3v) is 2.49. The lowest BCUT2D eigenvalue weighted by atomic mass is 10.2. The molecule has 0 atom stereocenters. The quantitative estimate of drug-likeness (QED) is 0.435. The van der Waals surface area contributed by atoms with E-state index in [0.29, 0.717) is 12.1 Å². The second kappa shape index (κ2) is 3.87. The van der Waals surface area contributed by atoms with Crippen molar-refractivity contribution in [2.75, 3.05) is 0 Å². The zero-order valence-corrected chi connectivity index (χ0v) is 8.43. The Hall–Kier alpha value is -2.00. The first-order valence-electron chi connectivity index (χ1n) is 3.77. The molecule has 16 heavy (non-hydrogen) atoms. The van der Waals surface area contributed by atoms with E-state index < -0.39 is 37.1 Å². The Labute approximate surface area is 89.6 Å². The molecule has 0 radical (unpaired) electrons. The Morgan fingerprint density at radius 1 is 1.31 bits per heavy atom. The molecule has 0 fully saturated rings. The van der Waals surface area contributed by atoms with Gasteiger partial charge in [0, 0.05) is 17.7 Å². The van der Waals surface area contributed by atoms with Crippen LogP contribution >= 0.6 is 0 Å². The smallest absolute Gasteiger partial charge is 0.271 e. The summed E-state index contributed by atoms with van der Waals surface area (Å²) in [5.41, 5.74) is 3.73. The normalized spacial score (nSPS) is 11.1. The van der Waals surface area contributed by atoms with E-state index in [0.717, 1.165) is 6.07 Å². The van der Waals surface area contributed by atoms with E-state index >= 15 is 0 Å². The second-order valence-electron chi connectivity index (χ2n) is 2.79. The minimum atomic E-state index is -4.88. The fraction of sp³-hybridized carbons (Fsp3) is 0. The minimum absolute atomic E-state index is 0.413. The Balaban J connectivity index is 3.54. The van der Waals surface area contributed by atoms with Gasteiger partial charge < -0.3 is 10.3 Å². The van der Waals surface area contributed by atoms with Crippen LogP contribution in [0.5, 0.6) is 0 Å². The zero-order chi connectivity index (χ0) is 12.5. The van der Waals surface area contributed by atoms with Crippen molar-refractivity contribution in [1.29, 1.82) is 0 Å². The van der Waals surface area contributed by atoms with Crippen molar-refractivity contribution in [2.45, 2.75) is 4.90 Å². The molecule has 2 N–H and O–H groups in total. The third-order valence-electron chi connectivity index (χ3n) is 1.68. The largest absolute Gasteiger partial charge is 0.744 e. The molecule has 1 aromatic rings. The molecule has 0 saturated heterocycles. The molecule has 8 nitrogen and oxygen atoms in total. The van der Waals surface area contributed by atoms with Gasteiger partial charge in [0.25, 0.3) is 5.69 Å². The number of amides is 1. The number of nitrogens with zero attached hydrogens (tertiary/aromatic N) is 1. The van der Waals surface area contributed by atoms with Gasteiger partial charge in [0.1, 0.15) is 10.1 Å². The van der Waals surface area contributed by atoms with Crippen LogP contribution < -0.4 is 5.73 Å². The number of carbonyl (C=O) groups is 1. The van der Waals surface area contributed by atoms with Gasteiger partial charge in [-0.05, 0) is 6.07 Å². The number of hydrogen-bond acceptors (Lipinski definition) is 6. The van der Waals surface area contributed by atoms with Crippen LogP contribution in [0.4, 0.5) is 5.69 Å². The number of nitro benzene ring substituents is 1. The van der Waals surface area contributed by atoms with E-state index in [9.17, 15) is 27.9 Å². The van der Waals surface area contributed by atoms with Crippen LogP contribution in [-0.2, 0) is 10.1 Å². The number of benzene rings is 1. The number of carbonyl (C=O) groups excluding carboxylic acids is 1. The van der Waals surface area contributed by atoms with Crippen LogP contribution in [-0.4, -0.2) is 23.8 Å². The number of hydrogen-bond donors (Lipinski definition) is 1. The van der Waals surface area contributed by atoms with E-state index in [-0.39, 0.29) is 0 Å². The van der Waals surface area contributed by atoms with Crippen molar-refractivity contribution in [3.8, 4) is 0 Å². The predicted molar refractivity (Wildman–Crippen MR) is 49.6 cm³/mol. The molecule has 1 amide bonds. The summed E-state index contributed by atoms with van der Waals surface area (Å²) in [6.07, 6.45) is 0. The molecule has 0 aliphatic carbocycles. The molecule has 0 bridgehead atoms. The molecule has 86 valence electrons. The van der Waals surface area contributed by atoms with Crippen molar-refractivity contribution in [1.82, 2.24) is 0 Å². The lowest BCUT2D eigenvalue weighted by Crippen LogP contribution is -2.12. The zero-order valence-electron chi connectivity index (χ0n) is 7.61. The summed E-state index contributed by atoms with van der Waals surface area (Å²) in [5.74, 6) is -1.06. The third kappa shape index (κ3) is 2.52. The summed E-state index contributed by atoms with van der Waals surface area (Å²) in [5, 5.41) is 10.4. The van der Waals surface area contributed by atoms with Gasteiger partial charge in [0.2, 0.25) is 5.91 Å². The summed E-state index contributed by atoms with van der Waals surface area (Å²) >= 11 is 0. The standard InChI is InChI=1S/C7H6N2O6S/c8-7(10)4-1-5(9(11)12)3-6(2-4)16(13,14)15/h1-3H,(H2,8,10)(H,13,14,15)/p-1. The average molecular weight is 245 g/mol. The number of non-ortho nitro benzene ring substituents is 1. The van der Waals surface area contributed by atoms with Gasteiger partial charge in [0.05, 0.1) is 9.82 Å². The molecule has 1 aromatic carbocycles. The highest BCUT2D eigenvalue weighted by Crippen LogP contribution is 2.20. The highest BCUT2D eigenvalue weighted by molar-refractivity contribution is 7.85. The molecule has 1 rings (SSSR count). The molecule has 9 heteroatoms. The van der Waals surface area contributed by atoms with Gasteiger partial charge in [-0.25, -0.2) is 8.42 Å². The van der Waals surface area contributed by atoms with Crippen LogP contribution in [0.2, 0.25) is 0 Å². The minimum Gasteiger partial charge on any atom is -0.744 e. The topological polar surface area (TPSA) is 143 Å². The summed E-state index contributed by atoms with van der Waals surface area (Å²) < 4.78 is 32.0. The van der Waals surface area contributed by atoms with Gasteiger partial charge >= 0.3 is 0 Å². The van der Waals surface area contributed by atoms with E-state index in [4.69, 9.17) is 5.73 Å². The average Bonchev–Trinajstić information content (AvgIpc) is 2.15. The number of nitrogens with two attached hydrogens (primary N) is 1. The van der Waals surface area contributed by atoms with Crippen molar-refractivity contribution in [3.05, 3.63) is 33.9 Å². The Bertz CT molecular complexity index is 532. The number of nitro groups is 1. The first-order valence-corrected chi connectivity index (χ1v) is 5.18. The highest BCUT2D eigenvalue weighted by Gasteiger charge is 2.15. The fourth-order valence-electron chi connectivity index (χ4n) is 0.975. The molecular formula is C7H5N2O6S-. The summed E-state index contributed by atoms with van der Waals surface area (Å²) in [6.45, 7) is 0. The van der Waals surface area contributed by atoms with Gasteiger partial charge in [0.15, 0.2) is 0 Å². The predicted octanol–water partition coefficient (Wildman–Crippen LogP) is -0.402. The number of rotatable bonds is 3. The maximum atomic E-state index is 10.8. The first-order chi connectivity index (χ1) is 7.21. The van der Waals surface area contributed by atoms with Gasteiger partial charge in [-0.1, -0.05) is 0 Å². The Morgan fingerprint density at radius 3 is 2.25 bits per heavy atom. The second-order valence-corrected chi connectivity index (χ2v) is 4.17. The Kier molecular flexibility index (Phi) is 2.92. The van der Waals surface area contributed by atoms with Crippen molar-refractivity contribution >= 4 is 21.7 Å². The van der Waals surface area contributed by atoms with E-state index in [1.54, 1.807) is 0 Å². The molecule has 0 aliphatic heterocycles. The van der Waals surface area contributed by atoms with Crippen molar-refractivity contribution in [2.24, 2.45) is 5.73 Å². The monoisotopic (exact) mass is 245 g/mol. The maximum Gasteiger partial charge on any atom is 0.271 e. The molecule has 0 saturated carbocycles. The molecule has 0 spiro atoms. The van der Waals surface area contributed by atoms with E-state index in [1.807, 2.05) is 0 Å². The van der Waals surface area contributed by atoms with Crippen LogP contribution in [0.25, 0.3) is 0 Å². The Morgan fingerprint density at radius 2 is 1.88 bits per heavy atom. The maximum absolute atomic E-state index is 10.8. The molecule has 0 aliphatic rings. The highest BCUT2D eigenvalue weighted by atomic mass is 32.2.